The average Bonchev–Trinajstić information content (AvgIpc) is 2.57. The van der Waals surface area contributed by atoms with Crippen LogP contribution < -0.4 is 11.1 Å². The highest BCUT2D eigenvalue weighted by molar-refractivity contribution is 5.06. The van der Waals surface area contributed by atoms with Crippen LogP contribution in [0.2, 0.25) is 0 Å². The Labute approximate surface area is 140 Å². The first-order valence-electron chi connectivity index (χ1n) is 8.31. The monoisotopic (exact) mass is 329 g/mol. The van der Waals surface area contributed by atoms with E-state index in [1.54, 1.807) is 36.1 Å². The maximum Gasteiger partial charge on any atom is 0.270 e. The van der Waals surface area contributed by atoms with Crippen molar-refractivity contribution in [2.75, 3.05) is 13.1 Å². The number of aryl methyl sites for hydroxylation is 2. The molecule has 0 aliphatic carbocycles. The highest BCUT2D eigenvalue weighted by Gasteiger charge is 2.21. The predicted molar refractivity (Wildman–Crippen MR) is 90.7 cm³/mol. The van der Waals surface area contributed by atoms with Crippen molar-refractivity contribution >= 4 is 0 Å². The molecule has 3 rings (SSSR count). The maximum atomic E-state index is 12.0. The fraction of sp³-hybridized carbons (Fsp3) is 0.529. The van der Waals surface area contributed by atoms with Crippen molar-refractivity contribution in [2.24, 2.45) is 13.0 Å². The minimum atomic E-state index is -0.0386. The van der Waals surface area contributed by atoms with Crippen LogP contribution in [0.25, 0.3) is 0 Å². The predicted octanol–water partition coefficient (Wildman–Crippen LogP) is 0.558. The van der Waals surface area contributed by atoms with E-state index < -0.39 is 0 Å². The van der Waals surface area contributed by atoms with Gasteiger partial charge in [-0.15, -0.1) is 0 Å². The Balaban J connectivity index is 1.58. The van der Waals surface area contributed by atoms with Gasteiger partial charge in [0.1, 0.15) is 0 Å². The van der Waals surface area contributed by atoms with Gasteiger partial charge in [-0.25, -0.2) is 9.36 Å². The first kappa shape index (κ1) is 16.6. The Morgan fingerprint density at radius 2 is 1.92 bits per heavy atom. The minimum Gasteiger partial charge on any atom is -0.299 e. The molecular formula is C17H23N5O2. The summed E-state index contributed by atoms with van der Waals surface area (Å²) in [6.07, 6.45) is 3.68. The molecule has 2 aromatic rings. The summed E-state index contributed by atoms with van der Waals surface area (Å²) >= 11 is 0. The van der Waals surface area contributed by atoms with Gasteiger partial charge in [0.15, 0.2) is 0 Å². The minimum absolute atomic E-state index is 0.0323. The van der Waals surface area contributed by atoms with Crippen LogP contribution in [-0.2, 0) is 20.1 Å². The summed E-state index contributed by atoms with van der Waals surface area (Å²) in [5.74, 6) is 0.452. The zero-order chi connectivity index (χ0) is 17.1. The second kappa shape index (κ2) is 7.09. The lowest BCUT2D eigenvalue weighted by Gasteiger charge is -2.31. The Morgan fingerprint density at radius 3 is 2.67 bits per heavy atom. The van der Waals surface area contributed by atoms with Crippen molar-refractivity contribution < 1.29 is 0 Å². The van der Waals surface area contributed by atoms with Crippen molar-refractivity contribution in [3.63, 3.8) is 0 Å². The summed E-state index contributed by atoms with van der Waals surface area (Å²) in [4.78, 5) is 26.2. The Morgan fingerprint density at radius 1 is 1.17 bits per heavy atom. The van der Waals surface area contributed by atoms with Crippen LogP contribution in [0, 0.1) is 12.8 Å². The van der Waals surface area contributed by atoms with E-state index in [-0.39, 0.29) is 11.1 Å². The largest absolute Gasteiger partial charge is 0.299 e. The number of rotatable bonds is 4. The van der Waals surface area contributed by atoms with Gasteiger partial charge in [0.25, 0.3) is 11.1 Å². The molecule has 1 aliphatic heterocycles. The number of aromatic nitrogens is 4. The standard InChI is InChI=1S/C17H23N5O2/c1-13-3-4-16(23)22(19-13)11-14-6-9-21(10-7-14)12-15-5-8-18-20(2)17(15)24/h3-5,8,14H,6-7,9-12H2,1-2H3. The normalized spacial score (nSPS) is 16.4. The van der Waals surface area contributed by atoms with Gasteiger partial charge >= 0.3 is 0 Å². The van der Waals surface area contributed by atoms with Crippen molar-refractivity contribution in [3.8, 4) is 0 Å². The molecule has 7 heteroatoms. The first-order chi connectivity index (χ1) is 11.5. The summed E-state index contributed by atoms with van der Waals surface area (Å²) < 4.78 is 2.95. The van der Waals surface area contributed by atoms with Crippen molar-refractivity contribution in [3.05, 3.63) is 56.4 Å². The van der Waals surface area contributed by atoms with Crippen molar-refractivity contribution in [1.29, 1.82) is 0 Å². The molecule has 0 spiro atoms. The lowest BCUT2D eigenvalue weighted by atomic mass is 9.96. The fourth-order valence-corrected chi connectivity index (χ4v) is 3.17. The van der Waals surface area contributed by atoms with Crippen LogP contribution in [0.4, 0.5) is 0 Å². The summed E-state index contributed by atoms with van der Waals surface area (Å²) in [6.45, 7) is 5.08. The van der Waals surface area contributed by atoms with Gasteiger partial charge in [0.2, 0.25) is 0 Å². The van der Waals surface area contributed by atoms with E-state index in [9.17, 15) is 9.59 Å². The molecule has 0 N–H and O–H groups in total. The van der Waals surface area contributed by atoms with Crippen LogP contribution in [0.3, 0.4) is 0 Å². The molecule has 128 valence electrons. The third-order valence-corrected chi connectivity index (χ3v) is 4.62. The third kappa shape index (κ3) is 3.79. The van der Waals surface area contributed by atoms with Gasteiger partial charge in [-0.1, -0.05) is 0 Å². The van der Waals surface area contributed by atoms with Crippen LogP contribution in [0.1, 0.15) is 24.1 Å². The summed E-state index contributed by atoms with van der Waals surface area (Å²) in [7, 11) is 1.67. The number of piperidine rings is 1. The highest BCUT2D eigenvalue weighted by Crippen LogP contribution is 2.19. The van der Waals surface area contributed by atoms with E-state index in [0.29, 0.717) is 19.0 Å². The molecule has 0 amide bonds. The van der Waals surface area contributed by atoms with Crippen molar-refractivity contribution in [1.82, 2.24) is 24.5 Å². The van der Waals surface area contributed by atoms with Crippen LogP contribution in [0.15, 0.2) is 34.0 Å². The van der Waals surface area contributed by atoms with E-state index in [0.717, 1.165) is 37.2 Å². The molecule has 1 saturated heterocycles. The van der Waals surface area contributed by atoms with E-state index in [4.69, 9.17) is 0 Å². The fourth-order valence-electron chi connectivity index (χ4n) is 3.17. The van der Waals surface area contributed by atoms with Crippen LogP contribution in [0.5, 0.6) is 0 Å². The second-order valence-corrected chi connectivity index (χ2v) is 6.50. The summed E-state index contributed by atoms with van der Waals surface area (Å²) in [6, 6.07) is 5.12. The number of nitrogens with zero attached hydrogens (tertiary/aromatic N) is 5. The molecule has 24 heavy (non-hydrogen) atoms. The van der Waals surface area contributed by atoms with E-state index >= 15 is 0 Å². The Bertz CT molecular complexity index is 806. The molecule has 3 heterocycles. The maximum absolute atomic E-state index is 12.0. The molecule has 2 aromatic heterocycles. The van der Waals surface area contributed by atoms with Crippen molar-refractivity contribution in [2.45, 2.75) is 32.9 Å². The smallest absolute Gasteiger partial charge is 0.270 e. The summed E-state index contributed by atoms with van der Waals surface area (Å²) in [5, 5.41) is 8.27. The number of hydrogen-bond donors (Lipinski definition) is 0. The zero-order valence-electron chi connectivity index (χ0n) is 14.2. The van der Waals surface area contributed by atoms with E-state index in [1.807, 2.05) is 6.92 Å². The van der Waals surface area contributed by atoms with E-state index in [2.05, 4.69) is 15.1 Å². The molecule has 7 nitrogen and oxygen atoms in total. The number of hydrogen-bond acceptors (Lipinski definition) is 5. The first-order valence-corrected chi connectivity index (χ1v) is 8.31. The SMILES string of the molecule is Cc1ccc(=O)n(CC2CCN(Cc3ccnn(C)c3=O)CC2)n1. The molecule has 0 saturated carbocycles. The van der Waals surface area contributed by atoms with Crippen LogP contribution in [-0.4, -0.2) is 37.6 Å². The van der Waals surface area contributed by atoms with E-state index in [1.165, 1.54) is 4.68 Å². The molecule has 0 aromatic carbocycles. The van der Waals surface area contributed by atoms with Crippen LogP contribution >= 0.6 is 0 Å². The third-order valence-electron chi connectivity index (χ3n) is 4.62. The number of likely N-dealkylation sites (tertiary alicyclic amines) is 1. The lowest BCUT2D eigenvalue weighted by molar-refractivity contribution is 0.162. The quantitative estimate of drug-likeness (QED) is 0.819. The van der Waals surface area contributed by atoms with Gasteiger partial charge in [-0.05, 0) is 50.9 Å². The van der Waals surface area contributed by atoms with Gasteiger partial charge in [-0.3, -0.25) is 14.5 Å². The molecular weight excluding hydrogens is 306 g/mol. The van der Waals surface area contributed by atoms with Gasteiger partial charge in [-0.2, -0.15) is 10.2 Å². The molecule has 0 atom stereocenters. The topological polar surface area (TPSA) is 73.0 Å². The zero-order valence-corrected chi connectivity index (χ0v) is 14.2. The van der Waals surface area contributed by atoms with Gasteiger partial charge in [0.05, 0.1) is 5.69 Å². The molecule has 1 aliphatic rings. The van der Waals surface area contributed by atoms with Gasteiger partial charge in [0, 0.05) is 38.0 Å². The summed E-state index contributed by atoms with van der Waals surface area (Å²) in [5.41, 5.74) is 1.57. The molecule has 0 bridgehead atoms. The molecule has 0 radical (unpaired) electrons. The second-order valence-electron chi connectivity index (χ2n) is 6.50. The Kier molecular flexibility index (Phi) is 4.89. The highest BCUT2D eigenvalue weighted by atomic mass is 16.1. The lowest BCUT2D eigenvalue weighted by Crippen LogP contribution is -2.38. The van der Waals surface area contributed by atoms with Gasteiger partial charge < -0.3 is 0 Å². The Hall–Kier alpha value is -2.28. The average molecular weight is 329 g/mol. The molecule has 0 unspecified atom stereocenters. The molecule has 1 fully saturated rings.